The highest BCUT2D eigenvalue weighted by Crippen LogP contribution is 2.46. The number of carbonyl (C=O) groups excluding carboxylic acids is 1. The van der Waals surface area contributed by atoms with Gasteiger partial charge in [-0.05, 0) is 56.0 Å². The van der Waals surface area contributed by atoms with Gasteiger partial charge in [0.15, 0.2) is 12.1 Å². The average molecular weight is 587 g/mol. The number of hydrogen-bond acceptors (Lipinski definition) is 6. The lowest BCUT2D eigenvalue weighted by Gasteiger charge is -2.30. The highest BCUT2D eigenvalue weighted by molar-refractivity contribution is 7.99. The minimum atomic E-state index is -1.73. The Labute approximate surface area is 249 Å². The van der Waals surface area contributed by atoms with Crippen LogP contribution in [0, 0.1) is 0 Å². The number of benzene rings is 3. The van der Waals surface area contributed by atoms with Crippen LogP contribution < -0.4 is 16.2 Å². The number of thioether (sulfide) groups is 1. The maximum absolute atomic E-state index is 15.6. The van der Waals surface area contributed by atoms with E-state index in [1.54, 1.807) is 42.1 Å². The first-order chi connectivity index (χ1) is 20.3. The normalized spacial score (nSPS) is 14.6. The van der Waals surface area contributed by atoms with Crippen LogP contribution in [0.2, 0.25) is 0 Å². The minimum absolute atomic E-state index is 0.126. The van der Waals surface area contributed by atoms with Crippen LogP contribution >= 0.6 is 11.8 Å². The van der Waals surface area contributed by atoms with Crippen LogP contribution in [0.5, 0.6) is 0 Å². The van der Waals surface area contributed by atoms with E-state index in [0.29, 0.717) is 31.6 Å². The third kappa shape index (κ3) is 6.74. The highest BCUT2D eigenvalue weighted by atomic mass is 32.2. The Morgan fingerprint density at radius 1 is 1.05 bits per heavy atom. The molecule has 0 spiro atoms. The summed E-state index contributed by atoms with van der Waals surface area (Å²) in [5.41, 5.74) is 0.279. The molecule has 0 bridgehead atoms. The lowest BCUT2D eigenvalue weighted by molar-refractivity contribution is 0.0824. The molecule has 1 aliphatic rings. The van der Waals surface area contributed by atoms with Crippen LogP contribution in [-0.2, 0) is 22.4 Å². The fraction of sp³-hybridized carbons (Fsp3) is 0.303. The number of hydrogen-bond donors (Lipinski definition) is 2. The molecule has 9 heteroatoms. The van der Waals surface area contributed by atoms with Crippen LogP contribution in [0.3, 0.4) is 0 Å². The smallest absolute Gasteiger partial charge is 0.293 e. The minimum Gasteiger partial charge on any atom is -0.376 e. The summed E-state index contributed by atoms with van der Waals surface area (Å²) < 4.78 is 22.8. The molecule has 1 saturated carbocycles. The Bertz CT molecular complexity index is 1560. The van der Waals surface area contributed by atoms with Gasteiger partial charge in [0.25, 0.3) is 11.5 Å². The molecule has 2 N–H and O–H groups in total. The van der Waals surface area contributed by atoms with Gasteiger partial charge < -0.3 is 15.4 Å². The van der Waals surface area contributed by atoms with E-state index in [0.717, 1.165) is 21.8 Å². The van der Waals surface area contributed by atoms with E-state index in [1.807, 2.05) is 62.4 Å². The van der Waals surface area contributed by atoms with Gasteiger partial charge in [-0.15, -0.1) is 11.8 Å². The Morgan fingerprint density at radius 2 is 1.71 bits per heavy atom. The first kappa shape index (κ1) is 29.5. The average Bonchev–Trinajstić information content (AvgIpc) is 3.81. The van der Waals surface area contributed by atoms with Gasteiger partial charge in [-0.1, -0.05) is 66.7 Å². The Balaban J connectivity index is 1.26. The summed E-state index contributed by atoms with van der Waals surface area (Å²) in [6.07, 6.45) is 2.13. The number of anilines is 1. The Hall–Kier alpha value is -3.95. The molecule has 1 aliphatic carbocycles. The second-order valence-corrected chi connectivity index (χ2v) is 12.0. The molecule has 3 aromatic carbocycles. The molecule has 218 valence electrons. The van der Waals surface area contributed by atoms with Crippen LogP contribution in [0.1, 0.15) is 48.2 Å². The van der Waals surface area contributed by atoms with E-state index in [1.165, 1.54) is 17.0 Å². The third-order valence-electron chi connectivity index (χ3n) is 7.44. The van der Waals surface area contributed by atoms with Crippen molar-refractivity contribution in [3.63, 3.8) is 0 Å². The van der Waals surface area contributed by atoms with E-state index < -0.39 is 28.8 Å². The number of alkyl halides is 1. The quantitative estimate of drug-likeness (QED) is 0.112. The van der Waals surface area contributed by atoms with E-state index in [9.17, 15) is 9.59 Å². The van der Waals surface area contributed by atoms with Crippen molar-refractivity contribution in [2.75, 3.05) is 17.7 Å². The van der Waals surface area contributed by atoms with Crippen molar-refractivity contribution < 1.29 is 13.9 Å². The van der Waals surface area contributed by atoms with Gasteiger partial charge in [0.2, 0.25) is 0 Å². The van der Waals surface area contributed by atoms with Gasteiger partial charge >= 0.3 is 0 Å². The zero-order chi connectivity index (χ0) is 29.6. The largest absolute Gasteiger partial charge is 0.376 e. The molecular formula is C33H35FN4O3S. The maximum Gasteiger partial charge on any atom is 0.293 e. The number of ether oxygens (including phenoxy) is 1. The van der Waals surface area contributed by atoms with Gasteiger partial charge in [0.05, 0.1) is 24.3 Å². The first-order valence-corrected chi connectivity index (χ1v) is 15.0. The molecule has 0 saturated heterocycles. The van der Waals surface area contributed by atoms with Crippen molar-refractivity contribution in [3.05, 3.63) is 124 Å². The topological polar surface area (TPSA) is 85.3 Å². The van der Waals surface area contributed by atoms with Crippen molar-refractivity contribution in [2.24, 2.45) is 0 Å². The SMILES string of the molecule is CC(C)(Nc1nccn(C2(C(F)NC(=O)c3ccccc3)CC2)c1=O)c1ccccc1SCCOCc1ccccc1. The fourth-order valence-electron chi connectivity index (χ4n) is 4.96. The number of aromatic nitrogens is 2. The molecule has 0 aliphatic heterocycles. The van der Waals surface area contributed by atoms with Gasteiger partial charge in [-0.2, -0.15) is 0 Å². The summed E-state index contributed by atoms with van der Waals surface area (Å²) in [7, 11) is 0. The zero-order valence-corrected chi connectivity index (χ0v) is 24.6. The molecule has 1 atom stereocenters. The Morgan fingerprint density at radius 3 is 2.43 bits per heavy atom. The van der Waals surface area contributed by atoms with Gasteiger partial charge in [0, 0.05) is 28.6 Å². The summed E-state index contributed by atoms with van der Waals surface area (Å²) in [5.74, 6) is 0.378. The molecular weight excluding hydrogens is 551 g/mol. The molecule has 1 fully saturated rings. The monoisotopic (exact) mass is 586 g/mol. The van der Waals surface area contributed by atoms with Crippen LogP contribution in [0.25, 0.3) is 0 Å². The number of amides is 1. The number of rotatable bonds is 13. The summed E-state index contributed by atoms with van der Waals surface area (Å²) in [6, 6.07) is 26.6. The van der Waals surface area contributed by atoms with Crippen molar-refractivity contribution in [1.29, 1.82) is 0 Å². The number of nitrogens with zero attached hydrogens (tertiary/aromatic N) is 2. The number of carbonyl (C=O) groups is 1. The molecule has 1 heterocycles. The van der Waals surface area contributed by atoms with Crippen LogP contribution in [0.4, 0.5) is 10.2 Å². The Kier molecular flexibility index (Phi) is 9.09. The maximum atomic E-state index is 15.6. The molecule has 7 nitrogen and oxygen atoms in total. The first-order valence-electron chi connectivity index (χ1n) is 14.0. The second kappa shape index (κ2) is 12.9. The predicted molar refractivity (Wildman–Crippen MR) is 164 cm³/mol. The fourth-order valence-corrected chi connectivity index (χ4v) is 6.04. The van der Waals surface area contributed by atoms with Crippen molar-refractivity contribution in [3.8, 4) is 0 Å². The van der Waals surface area contributed by atoms with E-state index >= 15 is 4.39 Å². The highest BCUT2D eigenvalue weighted by Gasteiger charge is 2.53. The van der Waals surface area contributed by atoms with Crippen molar-refractivity contribution in [2.45, 2.75) is 55.6 Å². The summed E-state index contributed by atoms with van der Waals surface area (Å²) >= 11 is 1.69. The van der Waals surface area contributed by atoms with E-state index in [-0.39, 0.29) is 5.82 Å². The third-order valence-corrected chi connectivity index (χ3v) is 8.47. The van der Waals surface area contributed by atoms with Gasteiger partial charge in [-0.25, -0.2) is 9.37 Å². The molecule has 1 amide bonds. The van der Waals surface area contributed by atoms with E-state index in [2.05, 4.69) is 21.7 Å². The molecule has 1 aromatic heterocycles. The molecule has 1 unspecified atom stereocenters. The molecule has 0 radical (unpaired) electrons. The number of halogens is 1. The number of nitrogens with one attached hydrogen (secondary N) is 2. The standard InChI is InChI=1S/C33H35FN4O3S/c1-32(2,26-15-9-10-16-27(26)42-22-21-41-23-24-11-5-3-6-12-24)37-28-30(40)38(20-19-35-28)33(17-18-33)31(34)36-29(39)25-13-7-4-8-14-25/h3-16,19-20,31H,17-18,21-23H2,1-2H3,(H,35,37)(H,36,39). The molecule has 42 heavy (non-hydrogen) atoms. The molecule has 5 rings (SSSR count). The van der Waals surface area contributed by atoms with Gasteiger partial charge in [0.1, 0.15) is 0 Å². The summed E-state index contributed by atoms with van der Waals surface area (Å²) in [5, 5.41) is 5.76. The van der Waals surface area contributed by atoms with E-state index in [4.69, 9.17) is 4.74 Å². The lowest BCUT2D eigenvalue weighted by atomic mass is 9.94. The molecule has 4 aromatic rings. The van der Waals surface area contributed by atoms with Crippen LogP contribution in [0.15, 0.2) is 107 Å². The second-order valence-electron chi connectivity index (χ2n) is 10.9. The zero-order valence-electron chi connectivity index (χ0n) is 23.8. The summed E-state index contributed by atoms with van der Waals surface area (Å²) in [6.45, 7) is 5.14. The van der Waals surface area contributed by atoms with Gasteiger partial charge in [-0.3, -0.25) is 14.2 Å². The van der Waals surface area contributed by atoms with Crippen LogP contribution in [-0.4, -0.2) is 34.1 Å². The lowest BCUT2D eigenvalue weighted by Crippen LogP contribution is -2.47. The summed E-state index contributed by atoms with van der Waals surface area (Å²) in [4.78, 5) is 31.6. The van der Waals surface area contributed by atoms with Crippen molar-refractivity contribution in [1.82, 2.24) is 14.9 Å². The van der Waals surface area contributed by atoms with Crippen molar-refractivity contribution >= 4 is 23.5 Å². The predicted octanol–water partition coefficient (Wildman–Crippen LogP) is 6.11.